The predicted molar refractivity (Wildman–Crippen MR) is 107 cm³/mol. The van der Waals surface area contributed by atoms with Crippen molar-refractivity contribution < 1.29 is 9.59 Å². The smallest absolute Gasteiger partial charge is 0.224 e. The van der Waals surface area contributed by atoms with Crippen molar-refractivity contribution >= 4 is 23.0 Å². The second-order valence-electron chi connectivity index (χ2n) is 6.55. The number of nitrogens with zero attached hydrogens (tertiary/aromatic N) is 1. The van der Waals surface area contributed by atoms with Gasteiger partial charge in [-0.25, -0.2) is 0 Å². The molecule has 0 unspecified atom stereocenters. The van der Waals surface area contributed by atoms with E-state index in [-0.39, 0.29) is 11.7 Å². The van der Waals surface area contributed by atoms with Crippen LogP contribution in [-0.2, 0) is 11.3 Å². The molecule has 3 heteroatoms. The van der Waals surface area contributed by atoms with Crippen LogP contribution in [0.1, 0.15) is 34.0 Å². The van der Waals surface area contributed by atoms with Gasteiger partial charge in [0.15, 0.2) is 5.78 Å². The van der Waals surface area contributed by atoms with E-state index < -0.39 is 0 Å². The zero-order valence-electron chi connectivity index (χ0n) is 15.1. The Labute approximate surface area is 158 Å². The van der Waals surface area contributed by atoms with Gasteiger partial charge < -0.3 is 4.90 Å². The molecule has 0 bridgehead atoms. The lowest BCUT2D eigenvalue weighted by Crippen LogP contribution is -2.32. The van der Waals surface area contributed by atoms with E-state index >= 15 is 0 Å². The highest BCUT2D eigenvalue weighted by atomic mass is 16.2. The Balaban J connectivity index is 2.03. The van der Waals surface area contributed by atoms with Crippen molar-refractivity contribution in [1.29, 1.82) is 0 Å². The molecule has 1 aliphatic rings. The minimum Gasteiger partial charge on any atom is -0.307 e. The number of fused-ring (bicyclic) bond motifs is 1. The van der Waals surface area contributed by atoms with Crippen LogP contribution in [0.15, 0.2) is 84.9 Å². The van der Waals surface area contributed by atoms with Crippen LogP contribution in [0, 0.1) is 0 Å². The maximum atomic E-state index is 13.5. The van der Waals surface area contributed by atoms with Crippen molar-refractivity contribution in [2.45, 2.75) is 13.5 Å². The second-order valence-corrected chi connectivity index (χ2v) is 6.55. The monoisotopic (exact) mass is 353 g/mol. The molecule has 3 aromatic carbocycles. The number of hydrogen-bond donors (Lipinski definition) is 0. The van der Waals surface area contributed by atoms with Gasteiger partial charge in [0.1, 0.15) is 0 Å². The Morgan fingerprint density at radius 1 is 0.778 bits per heavy atom. The summed E-state index contributed by atoms with van der Waals surface area (Å²) in [5.41, 5.74) is 4.59. The Morgan fingerprint density at radius 2 is 1.37 bits per heavy atom. The number of carbonyl (C=O) groups excluding carboxylic acids is 2. The van der Waals surface area contributed by atoms with Crippen LogP contribution in [0.25, 0.3) is 11.3 Å². The standard InChI is InChI=1S/C24H19NO2/c1-17(26)25-16-20-14-8-9-15-21(20)22(23(25)18-10-4-2-5-11-18)24(27)19-12-6-3-7-13-19/h2-15H,16H2,1H3. The zero-order chi connectivity index (χ0) is 18.8. The molecule has 27 heavy (non-hydrogen) atoms. The lowest BCUT2D eigenvalue weighted by molar-refractivity contribution is -0.126. The van der Waals surface area contributed by atoms with Crippen molar-refractivity contribution in [3.05, 3.63) is 107 Å². The molecule has 1 heterocycles. The highest BCUT2D eigenvalue weighted by molar-refractivity contribution is 6.35. The molecule has 0 saturated carbocycles. The van der Waals surface area contributed by atoms with E-state index in [0.29, 0.717) is 23.4 Å². The van der Waals surface area contributed by atoms with Crippen molar-refractivity contribution in [2.24, 2.45) is 0 Å². The largest absolute Gasteiger partial charge is 0.307 e. The Bertz CT molecular complexity index is 1040. The van der Waals surface area contributed by atoms with E-state index in [1.54, 1.807) is 11.8 Å². The molecule has 0 saturated heterocycles. The number of allylic oxidation sites excluding steroid dienone is 1. The van der Waals surface area contributed by atoms with Crippen LogP contribution < -0.4 is 0 Å². The fourth-order valence-electron chi connectivity index (χ4n) is 3.54. The molecule has 0 aromatic heterocycles. The van der Waals surface area contributed by atoms with Crippen LogP contribution in [0.2, 0.25) is 0 Å². The minimum absolute atomic E-state index is 0.0761. The van der Waals surface area contributed by atoms with Gasteiger partial charge in [0, 0.05) is 12.5 Å². The van der Waals surface area contributed by atoms with Gasteiger partial charge in [0.2, 0.25) is 5.91 Å². The molecule has 3 nitrogen and oxygen atoms in total. The zero-order valence-corrected chi connectivity index (χ0v) is 15.1. The molecule has 0 N–H and O–H groups in total. The van der Waals surface area contributed by atoms with E-state index in [1.807, 2.05) is 84.9 Å². The van der Waals surface area contributed by atoms with E-state index in [0.717, 1.165) is 16.7 Å². The molecule has 132 valence electrons. The number of carbonyl (C=O) groups is 2. The number of rotatable bonds is 3. The predicted octanol–water partition coefficient (Wildman–Crippen LogP) is 4.80. The molecular formula is C24H19NO2. The average molecular weight is 353 g/mol. The van der Waals surface area contributed by atoms with Gasteiger partial charge in [-0.2, -0.15) is 0 Å². The van der Waals surface area contributed by atoms with Gasteiger partial charge in [-0.15, -0.1) is 0 Å². The molecular weight excluding hydrogens is 334 g/mol. The highest BCUT2D eigenvalue weighted by Crippen LogP contribution is 2.39. The third-order valence-electron chi connectivity index (χ3n) is 4.81. The van der Waals surface area contributed by atoms with E-state index in [9.17, 15) is 9.59 Å². The minimum atomic E-state index is -0.0817. The third-order valence-corrected chi connectivity index (χ3v) is 4.81. The molecule has 0 aliphatic carbocycles. The lowest BCUT2D eigenvalue weighted by atomic mass is 9.86. The topological polar surface area (TPSA) is 37.4 Å². The summed E-state index contributed by atoms with van der Waals surface area (Å²) >= 11 is 0. The first kappa shape index (κ1) is 17.0. The average Bonchev–Trinajstić information content (AvgIpc) is 2.73. The third kappa shape index (κ3) is 3.08. The van der Waals surface area contributed by atoms with E-state index in [1.165, 1.54) is 0 Å². The Morgan fingerprint density at radius 3 is 2.04 bits per heavy atom. The summed E-state index contributed by atoms with van der Waals surface area (Å²) in [6.07, 6.45) is 0. The molecule has 0 radical (unpaired) electrons. The summed E-state index contributed by atoms with van der Waals surface area (Å²) < 4.78 is 0. The first-order valence-electron chi connectivity index (χ1n) is 8.92. The van der Waals surface area contributed by atoms with Crippen molar-refractivity contribution in [2.75, 3.05) is 0 Å². The fourth-order valence-corrected chi connectivity index (χ4v) is 3.54. The molecule has 0 spiro atoms. The maximum Gasteiger partial charge on any atom is 0.224 e. The summed E-state index contributed by atoms with van der Waals surface area (Å²) in [6, 6.07) is 26.7. The summed E-state index contributed by atoms with van der Waals surface area (Å²) in [7, 11) is 0. The summed E-state index contributed by atoms with van der Waals surface area (Å²) in [5.74, 6) is -0.158. The van der Waals surface area contributed by atoms with Crippen molar-refractivity contribution in [3.63, 3.8) is 0 Å². The van der Waals surface area contributed by atoms with Gasteiger partial charge in [0.05, 0.1) is 17.8 Å². The first-order valence-corrected chi connectivity index (χ1v) is 8.92. The van der Waals surface area contributed by atoms with Crippen LogP contribution in [-0.4, -0.2) is 16.6 Å². The Kier molecular flexibility index (Phi) is 4.43. The molecule has 0 atom stereocenters. The summed E-state index contributed by atoms with van der Waals surface area (Å²) in [4.78, 5) is 27.7. The van der Waals surface area contributed by atoms with Gasteiger partial charge in [0.25, 0.3) is 0 Å². The summed E-state index contributed by atoms with van der Waals surface area (Å²) in [6.45, 7) is 2.00. The molecule has 4 rings (SSSR count). The lowest BCUT2D eigenvalue weighted by Gasteiger charge is -2.33. The molecule has 1 amide bonds. The Hall–Kier alpha value is -3.46. The molecule has 3 aromatic rings. The number of Topliss-reactive ketones (excluding diaryl/α,β-unsaturated/α-hetero) is 1. The number of ketones is 1. The van der Waals surface area contributed by atoms with Crippen LogP contribution in [0.4, 0.5) is 0 Å². The van der Waals surface area contributed by atoms with E-state index in [2.05, 4.69) is 0 Å². The highest BCUT2D eigenvalue weighted by Gasteiger charge is 2.31. The van der Waals surface area contributed by atoms with Crippen molar-refractivity contribution in [1.82, 2.24) is 4.90 Å². The van der Waals surface area contributed by atoms with Crippen molar-refractivity contribution in [3.8, 4) is 0 Å². The molecule has 0 fully saturated rings. The second kappa shape index (κ2) is 7.04. The van der Waals surface area contributed by atoms with Crippen LogP contribution >= 0.6 is 0 Å². The normalized spacial score (nSPS) is 13.3. The maximum absolute atomic E-state index is 13.5. The number of amides is 1. The van der Waals surface area contributed by atoms with Crippen LogP contribution in [0.3, 0.4) is 0 Å². The van der Waals surface area contributed by atoms with Gasteiger partial charge in [-0.3, -0.25) is 9.59 Å². The molecule has 1 aliphatic heterocycles. The van der Waals surface area contributed by atoms with Gasteiger partial charge in [-0.05, 0) is 16.7 Å². The summed E-state index contributed by atoms with van der Waals surface area (Å²) in [5, 5.41) is 0. The first-order chi connectivity index (χ1) is 13.2. The van der Waals surface area contributed by atoms with E-state index in [4.69, 9.17) is 0 Å². The van der Waals surface area contributed by atoms with Gasteiger partial charge >= 0.3 is 0 Å². The van der Waals surface area contributed by atoms with Crippen LogP contribution in [0.5, 0.6) is 0 Å². The van der Waals surface area contributed by atoms with Gasteiger partial charge in [-0.1, -0.05) is 84.9 Å². The SMILES string of the molecule is CC(=O)N1Cc2ccccc2C(C(=O)c2ccccc2)=C1c1ccccc1. The number of hydrogen-bond acceptors (Lipinski definition) is 2. The number of benzene rings is 3. The fraction of sp³-hybridized carbons (Fsp3) is 0.0833. The quantitative estimate of drug-likeness (QED) is 0.634.